The van der Waals surface area contributed by atoms with Crippen molar-refractivity contribution >= 4 is 44.9 Å². The Hall–Kier alpha value is -4.47. The molecule has 5 rings (SSSR count). The van der Waals surface area contributed by atoms with Crippen LogP contribution in [0.4, 0.5) is 11.4 Å². The number of carbonyl (C=O) groups is 3. The third kappa shape index (κ3) is 8.06. The molecule has 0 heterocycles. The molecule has 9 heteroatoms. The maximum atomic E-state index is 14.4. The highest BCUT2D eigenvalue weighted by atomic mass is 79.9. The van der Waals surface area contributed by atoms with Crippen LogP contribution < -0.4 is 20.1 Å². The fraction of sp³-hybridized carbons (Fsp3) is 0.325. The van der Waals surface area contributed by atoms with E-state index in [1.165, 1.54) is 14.0 Å². The van der Waals surface area contributed by atoms with E-state index in [0.29, 0.717) is 58.8 Å². The number of Topliss-reactive ketones (excluding diaryl/α,β-unsaturated/α-hetero) is 1. The number of aryl methyl sites for hydroxylation is 2. The first-order valence-electron chi connectivity index (χ1n) is 16.6. The van der Waals surface area contributed by atoms with E-state index >= 15 is 0 Å². The first kappa shape index (κ1) is 35.8. The predicted octanol–water partition coefficient (Wildman–Crippen LogP) is 7.52. The van der Waals surface area contributed by atoms with Gasteiger partial charge in [-0.25, -0.2) is 0 Å². The number of hydrogen-bond acceptors (Lipinski definition) is 6. The van der Waals surface area contributed by atoms with Gasteiger partial charge in [-0.15, -0.1) is 0 Å². The molecule has 0 aliphatic heterocycles. The number of hydrogen-bond donors (Lipinski definition) is 3. The van der Waals surface area contributed by atoms with Gasteiger partial charge in [0.25, 0.3) is 0 Å². The number of amides is 2. The summed E-state index contributed by atoms with van der Waals surface area (Å²) in [5.41, 5.74) is 2.86. The molecular formula is C40H43BrN2O6. The molecule has 1 fully saturated rings. The Morgan fingerprint density at radius 1 is 0.878 bits per heavy atom. The Balaban J connectivity index is 1.58. The lowest BCUT2D eigenvalue weighted by Crippen LogP contribution is -2.56. The van der Waals surface area contributed by atoms with Crippen molar-refractivity contribution in [3.05, 3.63) is 118 Å². The summed E-state index contributed by atoms with van der Waals surface area (Å²) in [5, 5.41) is 17.9. The minimum absolute atomic E-state index is 0.362. The third-order valence-electron chi connectivity index (χ3n) is 9.26. The van der Waals surface area contributed by atoms with Gasteiger partial charge in [0.15, 0.2) is 11.5 Å². The maximum absolute atomic E-state index is 14.4. The number of para-hydroxylation sites is 2. The number of ketones is 1. The van der Waals surface area contributed by atoms with Crippen molar-refractivity contribution in [2.75, 3.05) is 24.4 Å². The number of rotatable bonds is 12. The smallest absolute Gasteiger partial charge is 0.235 e. The molecule has 4 aromatic rings. The Kier molecular flexibility index (Phi) is 11.6. The minimum atomic E-state index is -1.77. The fourth-order valence-electron chi connectivity index (χ4n) is 6.80. The predicted molar refractivity (Wildman–Crippen MR) is 195 cm³/mol. The Morgan fingerprint density at radius 3 is 2.04 bits per heavy atom. The molecule has 0 bridgehead atoms. The second-order valence-electron chi connectivity index (χ2n) is 12.6. The SMILES string of the molecule is CCc1ccccc1NC(=O)C1C(=O)CC(C)(O)C(C(=O)Nc2ccccc2CC)C1c1cc(Br)c(OCCc2ccccc2)c(OC)c1. The summed E-state index contributed by atoms with van der Waals surface area (Å²) in [6, 6.07) is 28.3. The molecule has 8 nitrogen and oxygen atoms in total. The second kappa shape index (κ2) is 15.8. The van der Waals surface area contributed by atoms with Gasteiger partial charge in [0.05, 0.1) is 29.7 Å². The monoisotopic (exact) mass is 726 g/mol. The summed E-state index contributed by atoms with van der Waals surface area (Å²) in [4.78, 5) is 42.6. The van der Waals surface area contributed by atoms with Crippen LogP contribution in [-0.4, -0.2) is 42.0 Å². The molecule has 1 aliphatic carbocycles. The van der Waals surface area contributed by atoms with Crippen LogP contribution in [0.25, 0.3) is 0 Å². The number of ether oxygens (including phenoxy) is 2. The zero-order chi connectivity index (χ0) is 35.1. The number of aliphatic hydroxyl groups is 1. The number of benzene rings is 4. The van der Waals surface area contributed by atoms with Gasteiger partial charge in [0.2, 0.25) is 11.8 Å². The van der Waals surface area contributed by atoms with Crippen molar-refractivity contribution in [1.82, 2.24) is 0 Å². The van der Waals surface area contributed by atoms with Crippen LogP contribution in [0.1, 0.15) is 55.4 Å². The molecule has 4 aromatic carbocycles. The Bertz CT molecular complexity index is 1810. The van der Waals surface area contributed by atoms with E-state index in [4.69, 9.17) is 9.47 Å². The first-order chi connectivity index (χ1) is 23.6. The highest BCUT2D eigenvalue weighted by molar-refractivity contribution is 9.10. The van der Waals surface area contributed by atoms with Gasteiger partial charge in [-0.1, -0.05) is 80.6 Å². The van der Waals surface area contributed by atoms with Crippen molar-refractivity contribution in [2.24, 2.45) is 11.8 Å². The molecule has 4 unspecified atom stereocenters. The summed E-state index contributed by atoms with van der Waals surface area (Å²) in [6.07, 6.45) is 1.65. The normalized spacial score (nSPS) is 20.4. The molecule has 0 saturated heterocycles. The molecule has 1 saturated carbocycles. The summed E-state index contributed by atoms with van der Waals surface area (Å²) in [5.74, 6) is -4.21. The molecule has 256 valence electrons. The van der Waals surface area contributed by atoms with Crippen LogP contribution in [0.15, 0.2) is 95.5 Å². The van der Waals surface area contributed by atoms with Crippen molar-refractivity contribution in [1.29, 1.82) is 0 Å². The highest BCUT2D eigenvalue weighted by Crippen LogP contribution is 2.49. The number of methoxy groups -OCH3 is 1. The lowest BCUT2D eigenvalue weighted by Gasteiger charge is -2.44. The van der Waals surface area contributed by atoms with E-state index < -0.39 is 41.0 Å². The van der Waals surface area contributed by atoms with Gasteiger partial charge >= 0.3 is 0 Å². The van der Waals surface area contributed by atoms with E-state index in [0.717, 1.165) is 16.7 Å². The average molecular weight is 728 g/mol. The van der Waals surface area contributed by atoms with Crippen LogP contribution in [-0.2, 0) is 33.6 Å². The number of halogens is 1. The lowest BCUT2D eigenvalue weighted by molar-refractivity contribution is -0.150. The molecule has 1 aliphatic rings. The number of carbonyl (C=O) groups excluding carboxylic acids is 3. The van der Waals surface area contributed by atoms with Gasteiger partial charge in [0, 0.05) is 30.1 Å². The van der Waals surface area contributed by atoms with Crippen LogP contribution in [0.5, 0.6) is 11.5 Å². The van der Waals surface area contributed by atoms with Crippen molar-refractivity contribution in [2.45, 2.75) is 58.0 Å². The quantitative estimate of drug-likeness (QED) is 0.130. The second-order valence-corrected chi connectivity index (χ2v) is 13.5. The molecule has 0 spiro atoms. The Labute approximate surface area is 296 Å². The van der Waals surface area contributed by atoms with E-state index in [-0.39, 0.29) is 6.42 Å². The highest BCUT2D eigenvalue weighted by Gasteiger charge is 2.56. The van der Waals surface area contributed by atoms with Crippen LogP contribution in [0, 0.1) is 11.8 Å². The fourth-order valence-corrected chi connectivity index (χ4v) is 7.38. The molecule has 49 heavy (non-hydrogen) atoms. The van der Waals surface area contributed by atoms with Gasteiger partial charge < -0.3 is 25.2 Å². The lowest BCUT2D eigenvalue weighted by atomic mass is 9.61. The van der Waals surface area contributed by atoms with Crippen molar-refractivity contribution in [3.8, 4) is 11.5 Å². The minimum Gasteiger partial charge on any atom is -0.493 e. The summed E-state index contributed by atoms with van der Waals surface area (Å²) in [7, 11) is 1.51. The van der Waals surface area contributed by atoms with Crippen LogP contribution in [0.3, 0.4) is 0 Å². The van der Waals surface area contributed by atoms with Crippen LogP contribution in [0.2, 0.25) is 0 Å². The number of nitrogens with one attached hydrogen (secondary N) is 2. The summed E-state index contributed by atoms with van der Waals surface area (Å²) < 4.78 is 12.5. The van der Waals surface area contributed by atoms with E-state index in [1.54, 1.807) is 18.2 Å². The van der Waals surface area contributed by atoms with E-state index in [1.807, 2.05) is 86.6 Å². The molecule has 3 N–H and O–H groups in total. The molecule has 0 aromatic heterocycles. The maximum Gasteiger partial charge on any atom is 0.235 e. The van der Waals surface area contributed by atoms with Gasteiger partial charge in [-0.3, -0.25) is 14.4 Å². The standard InChI is InChI=1S/C40H43BrN2O6/c1-5-26-16-10-12-18-30(26)42-38(45)35-32(44)24-40(3,47)36(39(46)43-31-19-13-11-17-27(31)6-2)34(35)28-22-29(41)37(33(23-28)48-4)49-21-20-25-14-8-7-9-15-25/h7-19,22-23,34-36,47H,5-6,20-21,24H2,1-4H3,(H,42,45)(H,43,46). The van der Waals surface area contributed by atoms with Gasteiger partial charge in [0.1, 0.15) is 11.7 Å². The third-order valence-corrected chi connectivity index (χ3v) is 9.85. The average Bonchev–Trinajstić information content (AvgIpc) is 3.08. The molecule has 0 radical (unpaired) electrons. The van der Waals surface area contributed by atoms with Gasteiger partial charge in [-0.05, 0) is 82.2 Å². The van der Waals surface area contributed by atoms with E-state index in [9.17, 15) is 19.5 Å². The zero-order valence-corrected chi connectivity index (χ0v) is 29.9. The topological polar surface area (TPSA) is 114 Å². The molecule has 4 atom stereocenters. The molecule has 2 amide bonds. The van der Waals surface area contributed by atoms with Gasteiger partial charge in [-0.2, -0.15) is 0 Å². The molecular weight excluding hydrogens is 684 g/mol. The summed E-state index contributed by atoms with van der Waals surface area (Å²) in [6.45, 7) is 5.84. The number of anilines is 2. The Morgan fingerprint density at radius 2 is 1.45 bits per heavy atom. The largest absolute Gasteiger partial charge is 0.493 e. The van der Waals surface area contributed by atoms with Crippen molar-refractivity contribution < 1.29 is 29.0 Å². The van der Waals surface area contributed by atoms with Crippen LogP contribution >= 0.6 is 15.9 Å². The zero-order valence-electron chi connectivity index (χ0n) is 28.3. The van der Waals surface area contributed by atoms with E-state index in [2.05, 4.69) is 26.6 Å². The first-order valence-corrected chi connectivity index (χ1v) is 17.4. The summed E-state index contributed by atoms with van der Waals surface area (Å²) >= 11 is 3.64. The van der Waals surface area contributed by atoms with Crippen molar-refractivity contribution in [3.63, 3.8) is 0 Å².